The Kier molecular flexibility index (Phi) is 3.60. The van der Waals surface area contributed by atoms with Gasteiger partial charge in [-0.25, -0.2) is 0 Å². The van der Waals surface area contributed by atoms with Crippen molar-refractivity contribution >= 4 is 0 Å². The van der Waals surface area contributed by atoms with E-state index in [1.807, 2.05) is 0 Å². The summed E-state index contributed by atoms with van der Waals surface area (Å²) in [5.41, 5.74) is 5.79. The minimum Gasteiger partial charge on any atom is -0.374 e. The number of nitrogens with two attached hydrogens (primary N) is 1. The van der Waals surface area contributed by atoms with Crippen LogP contribution in [0.1, 0.15) is 25.7 Å². The summed E-state index contributed by atoms with van der Waals surface area (Å²) in [5.74, 6) is 0. The van der Waals surface area contributed by atoms with E-state index in [0.717, 1.165) is 12.8 Å². The first-order valence-corrected chi connectivity index (χ1v) is 4.31. The predicted molar refractivity (Wildman–Crippen MR) is 46.4 cm³/mol. The third kappa shape index (κ3) is 3.04. The van der Waals surface area contributed by atoms with Gasteiger partial charge in [-0.2, -0.15) is 0 Å². The zero-order valence-corrected chi connectivity index (χ0v) is 6.96. The molecule has 0 aromatic carbocycles. The molecule has 0 heterocycles. The van der Waals surface area contributed by atoms with Gasteiger partial charge in [0.2, 0.25) is 0 Å². The van der Waals surface area contributed by atoms with Crippen LogP contribution in [0.15, 0.2) is 12.7 Å². The zero-order chi connectivity index (χ0) is 8.10. The Morgan fingerprint density at radius 2 is 2.36 bits per heavy atom. The van der Waals surface area contributed by atoms with Crippen LogP contribution in [0.4, 0.5) is 0 Å². The molecule has 2 atom stereocenters. The van der Waals surface area contributed by atoms with E-state index in [2.05, 4.69) is 6.58 Å². The first kappa shape index (κ1) is 8.75. The molecular weight excluding hydrogens is 138 g/mol. The van der Waals surface area contributed by atoms with Gasteiger partial charge >= 0.3 is 0 Å². The molecule has 2 heteroatoms. The zero-order valence-electron chi connectivity index (χ0n) is 6.96. The van der Waals surface area contributed by atoms with E-state index in [1.165, 1.54) is 12.8 Å². The summed E-state index contributed by atoms with van der Waals surface area (Å²) in [6.45, 7) is 4.27. The second-order valence-electron chi connectivity index (χ2n) is 3.17. The first-order valence-electron chi connectivity index (χ1n) is 4.31. The van der Waals surface area contributed by atoms with Crippen LogP contribution in [0.5, 0.6) is 0 Å². The standard InChI is InChI=1S/C9H17NO/c1-2-6-11-9-5-3-4-8(10)7-9/h2,8-9H,1,3-7,10H2/t8-,9+/m0/s1. The quantitative estimate of drug-likeness (QED) is 0.626. The van der Waals surface area contributed by atoms with Crippen molar-refractivity contribution in [3.63, 3.8) is 0 Å². The minimum atomic E-state index is 0.360. The van der Waals surface area contributed by atoms with E-state index in [0.29, 0.717) is 18.8 Å². The fourth-order valence-electron chi connectivity index (χ4n) is 1.54. The van der Waals surface area contributed by atoms with Crippen molar-refractivity contribution in [2.24, 2.45) is 5.73 Å². The number of rotatable bonds is 3. The lowest BCUT2D eigenvalue weighted by molar-refractivity contribution is 0.0411. The first-order chi connectivity index (χ1) is 5.33. The van der Waals surface area contributed by atoms with Crippen molar-refractivity contribution in [2.75, 3.05) is 6.61 Å². The fraction of sp³-hybridized carbons (Fsp3) is 0.778. The highest BCUT2D eigenvalue weighted by Gasteiger charge is 2.18. The largest absolute Gasteiger partial charge is 0.374 e. The van der Waals surface area contributed by atoms with Crippen molar-refractivity contribution in [2.45, 2.75) is 37.8 Å². The molecule has 0 aromatic heterocycles. The van der Waals surface area contributed by atoms with E-state index in [9.17, 15) is 0 Å². The highest BCUT2D eigenvalue weighted by Crippen LogP contribution is 2.19. The predicted octanol–water partition coefficient (Wildman–Crippen LogP) is 1.46. The molecule has 1 aliphatic rings. The molecular formula is C9H17NO. The van der Waals surface area contributed by atoms with Crippen LogP contribution in [0, 0.1) is 0 Å². The Labute approximate surface area is 68.4 Å². The summed E-state index contributed by atoms with van der Waals surface area (Å²) in [5, 5.41) is 0. The van der Waals surface area contributed by atoms with E-state index in [1.54, 1.807) is 6.08 Å². The van der Waals surface area contributed by atoms with Gasteiger partial charge in [-0.15, -0.1) is 6.58 Å². The lowest BCUT2D eigenvalue weighted by atomic mass is 9.94. The molecule has 1 fully saturated rings. The normalized spacial score (nSPS) is 31.7. The average molecular weight is 155 g/mol. The maximum atomic E-state index is 5.79. The maximum absolute atomic E-state index is 5.79. The van der Waals surface area contributed by atoms with Crippen LogP contribution >= 0.6 is 0 Å². The number of ether oxygens (including phenoxy) is 1. The minimum absolute atomic E-state index is 0.360. The van der Waals surface area contributed by atoms with Crippen molar-refractivity contribution in [1.29, 1.82) is 0 Å². The molecule has 0 aliphatic heterocycles. The molecule has 0 amide bonds. The topological polar surface area (TPSA) is 35.2 Å². The Bertz CT molecular complexity index is 125. The van der Waals surface area contributed by atoms with Crippen molar-refractivity contribution in [3.8, 4) is 0 Å². The molecule has 1 aliphatic carbocycles. The lowest BCUT2D eigenvalue weighted by Gasteiger charge is -2.26. The summed E-state index contributed by atoms with van der Waals surface area (Å²) in [4.78, 5) is 0. The lowest BCUT2D eigenvalue weighted by Crippen LogP contribution is -2.32. The summed E-state index contributed by atoms with van der Waals surface area (Å²) >= 11 is 0. The molecule has 0 saturated heterocycles. The van der Waals surface area contributed by atoms with Gasteiger partial charge < -0.3 is 10.5 Å². The van der Waals surface area contributed by atoms with Crippen LogP contribution < -0.4 is 5.73 Å². The highest BCUT2D eigenvalue weighted by molar-refractivity contribution is 4.76. The van der Waals surface area contributed by atoms with Gasteiger partial charge in [-0.1, -0.05) is 6.08 Å². The molecule has 11 heavy (non-hydrogen) atoms. The summed E-state index contributed by atoms with van der Waals surface area (Å²) in [7, 11) is 0. The van der Waals surface area contributed by atoms with E-state index >= 15 is 0 Å². The van der Waals surface area contributed by atoms with E-state index in [4.69, 9.17) is 10.5 Å². The SMILES string of the molecule is C=CCO[C@@H]1CCC[C@H](N)C1. The highest BCUT2D eigenvalue weighted by atomic mass is 16.5. The number of hydrogen-bond donors (Lipinski definition) is 1. The maximum Gasteiger partial charge on any atom is 0.0648 e. The molecule has 64 valence electrons. The van der Waals surface area contributed by atoms with Gasteiger partial charge in [-0.05, 0) is 25.7 Å². The molecule has 0 aromatic rings. The Morgan fingerprint density at radius 3 is 3.00 bits per heavy atom. The van der Waals surface area contributed by atoms with Crippen LogP contribution in [-0.4, -0.2) is 18.8 Å². The summed E-state index contributed by atoms with van der Waals surface area (Å²) in [6, 6.07) is 0.360. The Morgan fingerprint density at radius 1 is 1.55 bits per heavy atom. The second-order valence-corrected chi connectivity index (χ2v) is 3.17. The van der Waals surface area contributed by atoms with E-state index < -0.39 is 0 Å². The van der Waals surface area contributed by atoms with Gasteiger partial charge in [0.1, 0.15) is 0 Å². The van der Waals surface area contributed by atoms with Crippen LogP contribution in [0.2, 0.25) is 0 Å². The van der Waals surface area contributed by atoms with Crippen molar-refractivity contribution < 1.29 is 4.74 Å². The molecule has 2 nitrogen and oxygen atoms in total. The van der Waals surface area contributed by atoms with Crippen molar-refractivity contribution in [1.82, 2.24) is 0 Å². The average Bonchev–Trinajstić information content (AvgIpc) is 2.01. The third-order valence-electron chi connectivity index (χ3n) is 2.12. The van der Waals surface area contributed by atoms with Crippen molar-refractivity contribution in [3.05, 3.63) is 12.7 Å². The molecule has 0 radical (unpaired) electrons. The summed E-state index contributed by atoms with van der Waals surface area (Å²) < 4.78 is 5.50. The molecule has 1 saturated carbocycles. The smallest absolute Gasteiger partial charge is 0.0648 e. The fourth-order valence-corrected chi connectivity index (χ4v) is 1.54. The third-order valence-corrected chi connectivity index (χ3v) is 2.12. The summed E-state index contributed by atoms with van der Waals surface area (Å²) in [6.07, 6.45) is 6.74. The second kappa shape index (κ2) is 4.52. The van der Waals surface area contributed by atoms with Gasteiger partial charge in [-0.3, -0.25) is 0 Å². The van der Waals surface area contributed by atoms with Crippen LogP contribution in [0.25, 0.3) is 0 Å². The Hall–Kier alpha value is -0.340. The monoisotopic (exact) mass is 155 g/mol. The molecule has 2 N–H and O–H groups in total. The molecule has 0 spiro atoms. The van der Waals surface area contributed by atoms with Gasteiger partial charge in [0, 0.05) is 6.04 Å². The number of hydrogen-bond acceptors (Lipinski definition) is 2. The van der Waals surface area contributed by atoms with Crippen LogP contribution in [0.3, 0.4) is 0 Å². The van der Waals surface area contributed by atoms with E-state index in [-0.39, 0.29) is 0 Å². The molecule has 1 rings (SSSR count). The van der Waals surface area contributed by atoms with Crippen LogP contribution in [-0.2, 0) is 4.74 Å². The molecule has 0 bridgehead atoms. The van der Waals surface area contributed by atoms with Gasteiger partial charge in [0.25, 0.3) is 0 Å². The Balaban J connectivity index is 2.17. The van der Waals surface area contributed by atoms with Gasteiger partial charge in [0.15, 0.2) is 0 Å². The molecule has 0 unspecified atom stereocenters. The van der Waals surface area contributed by atoms with Gasteiger partial charge in [0.05, 0.1) is 12.7 Å².